The van der Waals surface area contributed by atoms with E-state index in [-0.39, 0.29) is 72.5 Å². The van der Waals surface area contributed by atoms with Crippen LogP contribution in [0.2, 0.25) is 0 Å². The molecule has 316 valence electrons. The molecule has 0 saturated carbocycles. The molecule has 2 unspecified atom stereocenters. The monoisotopic (exact) mass is 877 g/mol. The number of fused-ring (bicyclic) bond motifs is 1. The minimum Gasteiger partial charge on any atom is -0.790 e. The van der Waals surface area contributed by atoms with Gasteiger partial charge in [-0.15, -0.1) is 0 Å². The molecule has 2 amide bonds. The number of aromatic nitrogens is 4. The molecule has 1 saturated heterocycles. The summed E-state index contributed by atoms with van der Waals surface area (Å²) in [4.78, 5) is 107. The predicted molar refractivity (Wildman–Crippen MR) is 180 cm³/mol. The topological polar surface area (TPSA) is 420 Å². The molecular weight excluding hydrogens is 837 g/mol. The fraction of sp³-hybridized carbons (Fsp3) is 0.654. The summed E-state index contributed by atoms with van der Waals surface area (Å²) < 4.78 is 60.4. The smallest absolute Gasteiger partial charge is 0.274 e. The van der Waals surface area contributed by atoms with Crippen LogP contribution < -0.4 is 41.7 Å². The molecule has 0 aromatic carbocycles. The van der Waals surface area contributed by atoms with Crippen molar-refractivity contribution in [3.05, 3.63) is 12.7 Å². The SMILES string of the molecule is CC(C)(COP(=O)([O-])OP(=O)([O-])OC[C@H]1O[C@@H](n2cnc3c(N)ncnc32)[C@H](O)[C@@H]1OP(=O)([O-])[O-])[C@@H](O)C(=O)NCCC(=O)NCCSC(=O)CCC(=O)C[NH3+]. The third-order valence-corrected chi connectivity index (χ3v) is 11.6. The molecule has 1 aliphatic rings. The predicted octanol–water partition coefficient (Wildman–Crippen LogP) is -5.27. The Labute approximate surface area is 321 Å². The Kier molecular flexibility index (Phi) is 17.2. The van der Waals surface area contributed by atoms with Crippen LogP contribution in [0.5, 0.6) is 0 Å². The van der Waals surface area contributed by atoms with E-state index in [4.69, 9.17) is 10.5 Å². The maximum Gasteiger partial charge on any atom is 0.274 e. The maximum atomic E-state index is 12.5. The van der Waals surface area contributed by atoms with Crippen LogP contribution >= 0.6 is 35.2 Å². The Hall–Kier alpha value is -2.81. The first-order chi connectivity index (χ1) is 25.9. The molecule has 0 aliphatic carbocycles. The van der Waals surface area contributed by atoms with Gasteiger partial charge < -0.3 is 74.8 Å². The van der Waals surface area contributed by atoms with Crippen molar-refractivity contribution in [2.45, 2.75) is 63.8 Å². The van der Waals surface area contributed by atoms with Gasteiger partial charge in [0.25, 0.3) is 15.6 Å². The van der Waals surface area contributed by atoms with Crippen LogP contribution in [0.4, 0.5) is 5.82 Å². The molecule has 3 rings (SSSR count). The van der Waals surface area contributed by atoms with Crippen molar-refractivity contribution in [3.63, 3.8) is 0 Å². The van der Waals surface area contributed by atoms with Crippen molar-refractivity contribution in [2.24, 2.45) is 5.41 Å². The van der Waals surface area contributed by atoms with Gasteiger partial charge in [-0.25, -0.2) is 19.3 Å². The number of amides is 2. The number of hydrogen-bond acceptors (Lipinski definition) is 23. The zero-order valence-corrected chi connectivity index (χ0v) is 33.2. The molecule has 9 N–H and O–H groups in total. The fourth-order valence-electron chi connectivity index (χ4n) is 4.71. The van der Waals surface area contributed by atoms with E-state index < -0.39 is 84.6 Å². The summed E-state index contributed by atoms with van der Waals surface area (Å²) in [6.45, 7) is 0.0192. The molecule has 1 aliphatic heterocycles. The lowest BCUT2D eigenvalue weighted by Gasteiger charge is -2.36. The molecule has 26 nitrogen and oxygen atoms in total. The third kappa shape index (κ3) is 14.5. The first kappa shape index (κ1) is 47.6. The van der Waals surface area contributed by atoms with Crippen LogP contribution in [0.3, 0.4) is 0 Å². The summed E-state index contributed by atoms with van der Waals surface area (Å²) in [6.07, 6.45) is -7.55. The van der Waals surface area contributed by atoms with Crippen LogP contribution in [0.15, 0.2) is 12.7 Å². The first-order valence-corrected chi connectivity index (χ1v) is 21.6. The zero-order valence-electron chi connectivity index (χ0n) is 29.7. The minimum absolute atomic E-state index is 0.0280. The number of nitrogen functional groups attached to an aromatic ring is 1. The molecule has 56 heavy (non-hydrogen) atoms. The number of nitrogens with one attached hydrogen (secondary N) is 2. The Morgan fingerprint density at radius 1 is 1.05 bits per heavy atom. The Bertz CT molecular complexity index is 1870. The van der Waals surface area contributed by atoms with Crippen LogP contribution in [-0.2, 0) is 55.5 Å². The second-order valence-corrected chi connectivity index (χ2v) is 17.7. The third-order valence-electron chi connectivity index (χ3n) is 7.63. The van der Waals surface area contributed by atoms with E-state index in [1.54, 1.807) is 0 Å². The quantitative estimate of drug-likeness (QED) is 0.0448. The number of phosphoric acid groups is 3. The van der Waals surface area contributed by atoms with Crippen molar-refractivity contribution < 1.29 is 91.0 Å². The average molecular weight is 878 g/mol. The summed E-state index contributed by atoms with van der Waals surface area (Å²) >= 11 is 0.938. The van der Waals surface area contributed by atoms with E-state index in [2.05, 4.69) is 49.2 Å². The highest BCUT2D eigenvalue weighted by Gasteiger charge is 2.47. The highest BCUT2D eigenvalue weighted by Crippen LogP contribution is 2.56. The van der Waals surface area contributed by atoms with Crippen LogP contribution in [0.25, 0.3) is 11.2 Å². The number of anilines is 1. The molecule has 1 fully saturated rings. The van der Waals surface area contributed by atoms with E-state index in [0.717, 1.165) is 29.0 Å². The lowest BCUT2D eigenvalue weighted by Crippen LogP contribution is -2.54. The number of aliphatic hydroxyl groups is 2. The van der Waals surface area contributed by atoms with Gasteiger partial charge in [-0.2, -0.15) is 0 Å². The van der Waals surface area contributed by atoms with E-state index >= 15 is 0 Å². The fourth-order valence-corrected chi connectivity index (χ4v) is 8.12. The molecule has 0 bridgehead atoms. The first-order valence-electron chi connectivity index (χ1n) is 16.2. The molecule has 30 heteroatoms. The van der Waals surface area contributed by atoms with Crippen LogP contribution in [-0.4, -0.2) is 115 Å². The highest BCUT2D eigenvalue weighted by molar-refractivity contribution is 8.13. The number of hydrogen-bond donors (Lipinski definition) is 6. The highest BCUT2D eigenvalue weighted by atomic mass is 32.2. The second kappa shape index (κ2) is 20.2. The van der Waals surface area contributed by atoms with Crippen molar-refractivity contribution >= 4 is 74.9 Å². The molecule has 3 heterocycles. The van der Waals surface area contributed by atoms with Gasteiger partial charge in [-0.05, 0) is 0 Å². The standard InChI is InChI=1S/C26H43N8O18P3S/c1-26(2,21(39)24(40)30-6-5-16(36)29-7-8-56-17(37)4-3-14(35)9-27)11-49-55(46,47)52-54(44,45)48-10-15-20(51-53(41,42)43)19(38)25(50-15)34-13-33-18-22(28)31-12-32-23(18)34/h12-13,15,19-21,25,38-39H,3-11,27H2,1-2H3,(H,29,36)(H,30,40)(H,44,45)(H,46,47)(H2,28,31,32)(H2,41,42,43)/p-3/t15-,19-,20-,21+,25-/m1/s1. The number of quaternary nitrogens is 1. The molecular formula is C26H40N8O18P3S-3. The minimum atomic E-state index is -5.92. The Morgan fingerprint density at radius 3 is 2.39 bits per heavy atom. The number of phosphoric ester groups is 3. The number of Topliss-reactive ketones (excluding diaryl/α,β-unsaturated/α-hetero) is 1. The molecule has 7 atom stereocenters. The van der Waals surface area contributed by atoms with Crippen LogP contribution in [0, 0.1) is 5.41 Å². The number of imidazole rings is 1. The van der Waals surface area contributed by atoms with E-state index in [0.29, 0.717) is 0 Å². The van der Waals surface area contributed by atoms with Gasteiger partial charge in [0.1, 0.15) is 42.8 Å². The summed E-state index contributed by atoms with van der Waals surface area (Å²) in [5, 5.41) is 25.9. The number of aliphatic hydroxyl groups excluding tert-OH is 2. The number of rotatable bonds is 23. The van der Waals surface area contributed by atoms with Crippen molar-refractivity contribution in [3.8, 4) is 0 Å². The number of thioether (sulfide) groups is 1. The number of nitrogens with zero attached hydrogens (tertiary/aromatic N) is 4. The van der Waals surface area contributed by atoms with Gasteiger partial charge >= 0.3 is 0 Å². The summed E-state index contributed by atoms with van der Waals surface area (Å²) in [5.74, 6) is -1.53. The molecule has 2 aromatic rings. The second-order valence-electron chi connectivity index (χ2n) is 12.5. The molecule has 0 spiro atoms. The number of carbonyl (C=O) groups is 4. The molecule has 2 aromatic heterocycles. The maximum absolute atomic E-state index is 12.5. The van der Waals surface area contributed by atoms with Crippen molar-refractivity contribution in [1.82, 2.24) is 30.2 Å². The summed E-state index contributed by atoms with van der Waals surface area (Å²) in [7, 11) is -17.6. The van der Waals surface area contributed by atoms with Crippen molar-refractivity contribution in [2.75, 3.05) is 44.3 Å². The number of ketones is 1. The number of ether oxygens (including phenoxy) is 1. The van der Waals surface area contributed by atoms with Gasteiger partial charge in [-0.3, -0.25) is 32.9 Å². The average Bonchev–Trinajstić information content (AvgIpc) is 3.66. The van der Waals surface area contributed by atoms with Gasteiger partial charge in [0, 0.05) is 43.5 Å². The van der Waals surface area contributed by atoms with Gasteiger partial charge in [0.05, 0.1) is 27.4 Å². The normalized spacial score (nSPS) is 21.6. The number of nitrogens with two attached hydrogens (primary N) is 1. The largest absolute Gasteiger partial charge is 0.790 e. The summed E-state index contributed by atoms with van der Waals surface area (Å²) in [6, 6.07) is 0. The Morgan fingerprint density at radius 2 is 1.73 bits per heavy atom. The van der Waals surface area contributed by atoms with E-state index in [9.17, 15) is 62.7 Å². The lowest BCUT2D eigenvalue weighted by atomic mass is 9.87. The van der Waals surface area contributed by atoms with Gasteiger partial charge in [0.2, 0.25) is 11.8 Å². The lowest BCUT2D eigenvalue weighted by molar-refractivity contribution is -0.354. The van der Waals surface area contributed by atoms with E-state index in [1.165, 1.54) is 13.8 Å². The van der Waals surface area contributed by atoms with Crippen LogP contribution in [0.1, 0.15) is 39.3 Å². The van der Waals surface area contributed by atoms with Gasteiger partial charge in [-0.1, -0.05) is 25.6 Å². The Balaban J connectivity index is 1.48. The van der Waals surface area contributed by atoms with Gasteiger partial charge in [0.15, 0.2) is 28.6 Å². The zero-order chi connectivity index (χ0) is 42.1. The van der Waals surface area contributed by atoms with E-state index in [1.807, 2.05) is 0 Å². The molecule has 0 radical (unpaired) electrons. The van der Waals surface area contributed by atoms with Crippen molar-refractivity contribution in [1.29, 1.82) is 0 Å². The summed E-state index contributed by atoms with van der Waals surface area (Å²) in [5.41, 5.74) is 7.47. The number of carbonyl (C=O) groups excluding carboxylic acids is 4.